The second kappa shape index (κ2) is 6.32. The van der Waals surface area contributed by atoms with Crippen molar-refractivity contribution in [3.05, 3.63) is 22.4 Å². The summed E-state index contributed by atoms with van der Waals surface area (Å²) in [7, 11) is 0. The number of nitrogens with one attached hydrogen (secondary N) is 3. The van der Waals surface area contributed by atoms with Gasteiger partial charge in [0, 0.05) is 30.2 Å². The van der Waals surface area contributed by atoms with Crippen molar-refractivity contribution >= 4 is 27.7 Å². The smallest absolute Gasteiger partial charge is 0.267 e. The van der Waals surface area contributed by atoms with E-state index in [-0.39, 0.29) is 11.8 Å². The summed E-state index contributed by atoms with van der Waals surface area (Å²) < 4.78 is 0.821. The van der Waals surface area contributed by atoms with Gasteiger partial charge in [0.1, 0.15) is 5.69 Å². The molecule has 0 saturated carbocycles. The van der Waals surface area contributed by atoms with Gasteiger partial charge in [0.05, 0.1) is 0 Å². The number of carbonyl (C=O) groups is 2. The van der Waals surface area contributed by atoms with E-state index >= 15 is 0 Å². The molecule has 3 N–H and O–H groups in total. The van der Waals surface area contributed by atoms with Gasteiger partial charge < -0.3 is 15.6 Å². The zero-order chi connectivity index (χ0) is 12.0. The van der Waals surface area contributed by atoms with E-state index in [9.17, 15) is 9.59 Å². The average molecular weight is 288 g/mol. The SMILES string of the molecule is CCNC(=O)CCNC(=O)c1cc(Br)c[nH]1. The first-order valence-corrected chi connectivity index (χ1v) is 5.81. The Morgan fingerprint density at radius 1 is 1.44 bits per heavy atom. The fourth-order valence-corrected chi connectivity index (χ4v) is 1.51. The molecule has 0 aliphatic heterocycles. The third kappa shape index (κ3) is 4.06. The van der Waals surface area contributed by atoms with Crippen molar-refractivity contribution in [3.63, 3.8) is 0 Å². The van der Waals surface area contributed by atoms with E-state index in [2.05, 4.69) is 31.5 Å². The maximum atomic E-state index is 11.5. The largest absolute Gasteiger partial charge is 0.356 e. The van der Waals surface area contributed by atoms with Crippen molar-refractivity contribution in [1.29, 1.82) is 0 Å². The molecule has 0 aliphatic carbocycles. The third-order valence-corrected chi connectivity index (χ3v) is 2.36. The summed E-state index contributed by atoms with van der Waals surface area (Å²) in [5.74, 6) is -0.273. The van der Waals surface area contributed by atoms with Gasteiger partial charge in [0.2, 0.25) is 5.91 Å². The monoisotopic (exact) mass is 287 g/mol. The lowest BCUT2D eigenvalue weighted by atomic mass is 10.3. The number of carbonyl (C=O) groups excluding carboxylic acids is 2. The first-order valence-electron chi connectivity index (χ1n) is 5.02. The summed E-state index contributed by atoms with van der Waals surface area (Å²) in [5, 5.41) is 5.31. The number of aromatic nitrogens is 1. The summed E-state index contributed by atoms with van der Waals surface area (Å²) in [4.78, 5) is 25.4. The minimum atomic E-state index is -0.213. The molecule has 0 spiro atoms. The number of halogens is 1. The van der Waals surface area contributed by atoms with Crippen LogP contribution in [0.2, 0.25) is 0 Å². The zero-order valence-electron chi connectivity index (χ0n) is 8.97. The van der Waals surface area contributed by atoms with Gasteiger partial charge in [-0.2, -0.15) is 0 Å². The first-order chi connectivity index (χ1) is 7.63. The van der Waals surface area contributed by atoms with E-state index in [1.165, 1.54) is 0 Å². The molecule has 0 saturated heterocycles. The number of hydrogen-bond donors (Lipinski definition) is 3. The predicted octanol–water partition coefficient (Wildman–Crippen LogP) is 1.03. The Morgan fingerprint density at radius 3 is 2.75 bits per heavy atom. The Labute approximate surface area is 102 Å². The molecular formula is C10H14BrN3O2. The van der Waals surface area contributed by atoms with E-state index in [0.717, 1.165) is 4.47 Å². The Bertz CT molecular complexity index is 376. The van der Waals surface area contributed by atoms with E-state index < -0.39 is 0 Å². The molecule has 0 unspecified atom stereocenters. The minimum Gasteiger partial charge on any atom is -0.356 e. The molecule has 1 aromatic heterocycles. The van der Waals surface area contributed by atoms with Crippen LogP contribution in [0.3, 0.4) is 0 Å². The van der Waals surface area contributed by atoms with Crippen molar-refractivity contribution in [1.82, 2.24) is 15.6 Å². The van der Waals surface area contributed by atoms with Gasteiger partial charge >= 0.3 is 0 Å². The molecule has 0 atom stereocenters. The van der Waals surface area contributed by atoms with Crippen LogP contribution in [0.25, 0.3) is 0 Å². The van der Waals surface area contributed by atoms with Gasteiger partial charge in [-0.3, -0.25) is 9.59 Å². The molecule has 5 nitrogen and oxygen atoms in total. The number of aromatic amines is 1. The Morgan fingerprint density at radius 2 is 2.19 bits per heavy atom. The highest BCUT2D eigenvalue weighted by atomic mass is 79.9. The fourth-order valence-electron chi connectivity index (χ4n) is 1.17. The molecule has 16 heavy (non-hydrogen) atoms. The number of hydrogen-bond acceptors (Lipinski definition) is 2. The summed E-state index contributed by atoms with van der Waals surface area (Å²) in [5.41, 5.74) is 0.475. The van der Waals surface area contributed by atoms with Crippen LogP contribution in [0.4, 0.5) is 0 Å². The van der Waals surface area contributed by atoms with E-state index in [1.54, 1.807) is 12.3 Å². The molecule has 2 amide bonds. The van der Waals surface area contributed by atoms with Gasteiger partial charge in [0.25, 0.3) is 5.91 Å². The molecule has 1 heterocycles. The van der Waals surface area contributed by atoms with Crippen LogP contribution in [0.1, 0.15) is 23.8 Å². The normalized spacial score (nSPS) is 9.88. The topological polar surface area (TPSA) is 74.0 Å². The van der Waals surface area contributed by atoms with Crippen molar-refractivity contribution < 1.29 is 9.59 Å². The maximum Gasteiger partial charge on any atom is 0.267 e. The van der Waals surface area contributed by atoms with E-state index in [0.29, 0.717) is 25.2 Å². The molecule has 0 bridgehead atoms. The maximum absolute atomic E-state index is 11.5. The van der Waals surface area contributed by atoms with Crippen LogP contribution in [0.15, 0.2) is 16.7 Å². The van der Waals surface area contributed by atoms with Gasteiger partial charge in [-0.15, -0.1) is 0 Å². The van der Waals surface area contributed by atoms with Gasteiger partial charge in [-0.1, -0.05) is 0 Å². The Kier molecular flexibility index (Phi) is 5.04. The number of H-pyrrole nitrogens is 1. The van der Waals surface area contributed by atoms with Crippen LogP contribution in [0, 0.1) is 0 Å². The third-order valence-electron chi connectivity index (χ3n) is 1.90. The van der Waals surface area contributed by atoms with Gasteiger partial charge in [-0.25, -0.2) is 0 Å². The molecule has 6 heteroatoms. The standard InChI is InChI=1S/C10H14BrN3O2/c1-2-12-9(15)3-4-13-10(16)8-5-7(11)6-14-8/h5-6,14H,2-4H2,1H3,(H,12,15)(H,13,16). The Hall–Kier alpha value is -1.30. The predicted molar refractivity (Wildman–Crippen MR) is 64.1 cm³/mol. The second-order valence-corrected chi connectivity index (χ2v) is 4.11. The van der Waals surface area contributed by atoms with Crippen molar-refractivity contribution in [3.8, 4) is 0 Å². The molecule has 88 valence electrons. The lowest BCUT2D eigenvalue weighted by Crippen LogP contribution is -2.30. The van der Waals surface area contributed by atoms with Crippen LogP contribution in [-0.4, -0.2) is 29.9 Å². The van der Waals surface area contributed by atoms with Gasteiger partial charge in [-0.05, 0) is 28.9 Å². The zero-order valence-corrected chi connectivity index (χ0v) is 10.6. The van der Waals surface area contributed by atoms with E-state index in [1.807, 2.05) is 6.92 Å². The first kappa shape index (κ1) is 12.8. The van der Waals surface area contributed by atoms with Crippen molar-refractivity contribution in [2.75, 3.05) is 13.1 Å². The summed E-state index contributed by atoms with van der Waals surface area (Å²) in [6.07, 6.45) is 1.97. The quantitative estimate of drug-likeness (QED) is 0.757. The summed E-state index contributed by atoms with van der Waals surface area (Å²) >= 11 is 3.24. The molecule has 1 rings (SSSR count). The van der Waals surface area contributed by atoms with Crippen LogP contribution >= 0.6 is 15.9 Å². The average Bonchev–Trinajstić information content (AvgIpc) is 2.65. The highest BCUT2D eigenvalue weighted by molar-refractivity contribution is 9.10. The molecule has 0 aromatic carbocycles. The lowest BCUT2D eigenvalue weighted by Gasteiger charge is -2.03. The van der Waals surface area contributed by atoms with Crippen molar-refractivity contribution in [2.45, 2.75) is 13.3 Å². The van der Waals surface area contributed by atoms with Crippen molar-refractivity contribution in [2.24, 2.45) is 0 Å². The minimum absolute atomic E-state index is 0.0598. The van der Waals surface area contributed by atoms with Gasteiger partial charge in [0.15, 0.2) is 0 Å². The van der Waals surface area contributed by atoms with Crippen LogP contribution in [-0.2, 0) is 4.79 Å². The lowest BCUT2D eigenvalue weighted by molar-refractivity contribution is -0.120. The summed E-state index contributed by atoms with van der Waals surface area (Å²) in [6, 6.07) is 1.68. The van der Waals surface area contributed by atoms with E-state index in [4.69, 9.17) is 0 Å². The highest BCUT2D eigenvalue weighted by Gasteiger charge is 2.07. The molecular weight excluding hydrogens is 274 g/mol. The van der Waals surface area contributed by atoms with Crippen LogP contribution < -0.4 is 10.6 Å². The highest BCUT2D eigenvalue weighted by Crippen LogP contribution is 2.10. The summed E-state index contributed by atoms with van der Waals surface area (Å²) in [6.45, 7) is 2.80. The molecule has 0 radical (unpaired) electrons. The molecule has 0 fully saturated rings. The number of rotatable bonds is 5. The molecule has 0 aliphatic rings. The number of amides is 2. The fraction of sp³-hybridized carbons (Fsp3) is 0.400. The molecule has 1 aromatic rings. The Balaban J connectivity index is 2.28. The second-order valence-electron chi connectivity index (χ2n) is 3.19. The van der Waals surface area contributed by atoms with Crippen LogP contribution in [0.5, 0.6) is 0 Å².